The van der Waals surface area contributed by atoms with E-state index in [0.29, 0.717) is 13.0 Å². The van der Waals surface area contributed by atoms with Crippen LogP contribution in [0.1, 0.15) is 6.42 Å². The van der Waals surface area contributed by atoms with E-state index in [-0.39, 0.29) is 5.96 Å². The van der Waals surface area contributed by atoms with E-state index in [4.69, 9.17) is 16.6 Å². The highest BCUT2D eigenvalue weighted by Gasteiger charge is 1.84. The van der Waals surface area contributed by atoms with Crippen molar-refractivity contribution >= 4 is 11.9 Å². The normalized spacial score (nSPS) is 9.82. The third kappa shape index (κ3) is 8.48. The Morgan fingerprint density at radius 1 is 1.55 bits per heavy atom. The van der Waals surface area contributed by atoms with Crippen LogP contribution in [0.5, 0.6) is 0 Å². The summed E-state index contributed by atoms with van der Waals surface area (Å²) in [7, 11) is 0. The van der Waals surface area contributed by atoms with Crippen LogP contribution in [-0.4, -0.2) is 23.6 Å². The Hall–Kier alpha value is -1.52. The second-order valence-corrected chi connectivity index (χ2v) is 1.84. The monoisotopic (exact) mass is 157 g/mol. The van der Waals surface area contributed by atoms with Gasteiger partial charge in [-0.25, -0.2) is 4.79 Å². The van der Waals surface area contributed by atoms with Gasteiger partial charge in [0.05, 0.1) is 0 Å². The molecule has 0 saturated carbocycles. The van der Waals surface area contributed by atoms with Crippen molar-refractivity contribution in [2.45, 2.75) is 6.42 Å². The molecule has 62 valence electrons. The van der Waals surface area contributed by atoms with Gasteiger partial charge < -0.3 is 16.6 Å². The fourth-order valence-electron chi connectivity index (χ4n) is 0.452. The van der Waals surface area contributed by atoms with E-state index in [1.165, 1.54) is 6.08 Å². The number of hydrogen-bond acceptors (Lipinski definition) is 2. The molecular weight excluding hydrogens is 146 g/mol. The topological polar surface area (TPSA) is 102 Å². The Morgan fingerprint density at radius 3 is 2.64 bits per heavy atom. The molecule has 0 aromatic rings. The molecule has 0 spiro atoms. The summed E-state index contributed by atoms with van der Waals surface area (Å²) in [5.41, 5.74) is 10.0. The molecule has 0 aliphatic heterocycles. The summed E-state index contributed by atoms with van der Waals surface area (Å²) in [5, 5.41) is 8.15. The average molecular weight is 157 g/mol. The third-order valence-electron chi connectivity index (χ3n) is 0.851. The first-order valence-corrected chi connectivity index (χ1v) is 3.08. The van der Waals surface area contributed by atoms with Gasteiger partial charge in [-0.05, 0) is 6.42 Å². The van der Waals surface area contributed by atoms with Gasteiger partial charge in [-0.1, -0.05) is 6.08 Å². The summed E-state index contributed by atoms with van der Waals surface area (Å²) in [6, 6.07) is 0. The van der Waals surface area contributed by atoms with E-state index in [9.17, 15) is 4.79 Å². The Bertz CT molecular complexity index is 182. The van der Waals surface area contributed by atoms with E-state index in [1.807, 2.05) is 0 Å². The molecule has 0 atom stereocenters. The maximum absolute atomic E-state index is 9.92. The van der Waals surface area contributed by atoms with Gasteiger partial charge >= 0.3 is 5.97 Å². The second-order valence-electron chi connectivity index (χ2n) is 1.84. The van der Waals surface area contributed by atoms with E-state index in [2.05, 4.69) is 4.99 Å². The van der Waals surface area contributed by atoms with Gasteiger partial charge in [0.2, 0.25) is 0 Å². The van der Waals surface area contributed by atoms with Crippen molar-refractivity contribution in [3.63, 3.8) is 0 Å². The molecule has 0 bridgehead atoms. The molecule has 0 unspecified atom stereocenters. The smallest absolute Gasteiger partial charge is 0.327 e. The average Bonchev–Trinajstić information content (AvgIpc) is 1.85. The maximum Gasteiger partial charge on any atom is 0.327 e. The molecular formula is C6H11N3O2. The number of aliphatic carboxylic acids is 1. The summed E-state index contributed by atoms with van der Waals surface area (Å²) in [4.78, 5) is 13.6. The lowest BCUT2D eigenvalue weighted by Gasteiger charge is -1.88. The highest BCUT2D eigenvalue weighted by molar-refractivity contribution is 5.79. The van der Waals surface area contributed by atoms with Crippen LogP contribution in [-0.2, 0) is 4.79 Å². The zero-order chi connectivity index (χ0) is 8.69. The van der Waals surface area contributed by atoms with E-state index < -0.39 is 5.97 Å². The number of aliphatic imine (C=N–C) groups is 1. The summed E-state index contributed by atoms with van der Waals surface area (Å²) in [6.07, 6.45) is 3.08. The molecule has 0 aliphatic carbocycles. The zero-order valence-corrected chi connectivity index (χ0v) is 6.03. The molecule has 0 amide bonds. The van der Waals surface area contributed by atoms with Crippen LogP contribution in [0.2, 0.25) is 0 Å². The third-order valence-corrected chi connectivity index (χ3v) is 0.851. The van der Waals surface area contributed by atoms with Crippen molar-refractivity contribution in [1.82, 2.24) is 0 Å². The Balaban J connectivity index is 3.42. The van der Waals surface area contributed by atoms with E-state index >= 15 is 0 Å². The van der Waals surface area contributed by atoms with Crippen LogP contribution in [0.15, 0.2) is 17.1 Å². The number of carbonyl (C=O) groups is 1. The van der Waals surface area contributed by atoms with Crippen molar-refractivity contribution < 1.29 is 9.90 Å². The second kappa shape index (κ2) is 5.28. The standard InChI is InChI=1S/C6H11N3O2/c7-6(8)9-4-2-1-3-5(10)11/h1,3H,2,4H2,(H,10,11)(H4,7,8,9)/b3-1+. The highest BCUT2D eigenvalue weighted by Crippen LogP contribution is 1.83. The van der Waals surface area contributed by atoms with Crippen molar-refractivity contribution in [2.24, 2.45) is 16.5 Å². The van der Waals surface area contributed by atoms with Gasteiger partial charge in [-0.2, -0.15) is 0 Å². The zero-order valence-electron chi connectivity index (χ0n) is 6.03. The predicted octanol–water partition coefficient (Wildman–Crippen LogP) is -0.709. The van der Waals surface area contributed by atoms with Crippen LogP contribution >= 0.6 is 0 Å². The van der Waals surface area contributed by atoms with Gasteiger partial charge in [0.1, 0.15) is 0 Å². The van der Waals surface area contributed by atoms with Crippen LogP contribution in [0.25, 0.3) is 0 Å². The number of nitrogens with zero attached hydrogens (tertiary/aromatic N) is 1. The lowest BCUT2D eigenvalue weighted by atomic mass is 10.4. The number of rotatable bonds is 4. The highest BCUT2D eigenvalue weighted by atomic mass is 16.4. The van der Waals surface area contributed by atoms with Gasteiger partial charge in [-0.15, -0.1) is 0 Å². The van der Waals surface area contributed by atoms with Crippen LogP contribution in [0, 0.1) is 0 Å². The molecule has 5 N–H and O–H groups in total. The molecule has 0 rings (SSSR count). The minimum atomic E-state index is -0.963. The summed E-state index contributed by atoms with van der Waals surface area (Å²) < 4.78 is 0. The summed E-state index contributed by atoms with van der Waals surface area (Å²) >= 11 is 0. The largest absolute Gasteiger partial charge is 0.478 e. The van der Waals surface area contributed by atoms with Crippen molar-refractivity contribution in [2.75, 3.05) is 6.54 Å². The number of guanidine groups is 1. The molecule has 0 fully saturated rings. The van der Waals surface area contributed by atoms with E-state index in [0.717, 1.165) is 6.08 Å². The number of nitrogens with two attached hydrogens (primary N) is 2. The molecule has 0 aromatic carbocycles. The number of hydrogen-bond donors (Lipinski definition) is 3. The number of carboxylic acids is 1. The van der Waals surface area contributed by atoms with Crippen LogP contribution < -0.4 is 11.5 Å². The minimum Gasteiger partial charge on any atom is -0.478 e. The predicted molar refractivity (Wildman–Crippen MR) is 42.1 cm³/mol. The van der Waals surface area contributed by atoms with Gasteiger partial charge in [0, 0.05) is 12.6 Å². The molecule has 0 heterocycles. The first-order valence-electron chi connectivity index (χ1n) is 3.08. The summed E-state index contributed by atoms with van der Waals surface area (Å²) in [6.45, 7) is 0.423. The fraction of sp³-hybridized carbons (Fsp3) is 0.333. The molecule has 11 heavy (non-hydrogen) atoms. The maximum atomic E-state index is 9.92. The van der Waals surface area contributed by atoms with Gasteiger partial charge in [0.25, 0.3) is 0 Å². The molecule has 0 aromatic heterocycles. The first-order chi connectivity index (χ1) is 5.13. The van der Waals surface area contributed by atoms with Crippen molar-refractivity contribution in [3.8, 4) is 0 Å². The minimum absolute atomic E-state index is 0.0220. The van der Waals surface area contributed by atoms with E-state index in [1.54, 1.807) is 0 Å². The van der Waals surface area contributed by atoms with Gasteiger partial charge in [-0.3, -0.25) is 4.99 Å². The quantitative estimate of drug-likeness (QED) is 0.217. The SMILES string of the molecule is NC(N)=NCC/C=C/C(=O)O. The Morgan fingerprint density at radius 2 is 2.18 bits per heavy atom. The van der Waals surface area contributed by atoms with Crippen LogP contribution in [0.3, 0.4) is 0 Å². The summed E-state index contributed by atoms with van der Waals surface area (Å²) in [5.74, 6) is -0.941. The number of carboxylic acid groups (broad SMARTS) is 1. The van der Waals surface area contributed by atoms with Crippen molar-refractivity contribution in [1.29, 1.82) is 0 Å². The molecule has 0 aliphatic rings. The molecule has 0 radical (unpaired) electrons. The Labute approximate surface area is 64.4 Å². The fourth-order valence-corrected chi connectivity index (χ4v) is 0.452. The molecule has 0 saturated heterocycles. The van der Waals surface area contributed by atoms with Crippen LogP contribution in [0.4, 0.5) is 0 Å². The van der Waals surface area contributed by atoms with Crippen molar-refractivity contribution in [3.05, 3.63) is 12.2 Å². The molecule has 5 nitrogen and oxygen atoms in total. The Kier molecular flexibility index (Phi) is 4.55. The first kappa shape index (κ1) is 9.48. The molecule has 5 heteroatoms. The van der Waals surface area contributed by atoms with Gasteiger partial charge in [0.15, 0.2) is 5.96 Å². The lowest BCUT2D eigenvalue weighted by Crippen LogP contribution is -2.22. The lowest BCUT2D eigenvalue weighted by molar-refractivity contribution is -0.131.